The minimum atomic E-state index is -0.239. The molecule has 1 aromatic heterocycles. The van der Waals surface area contributed by atoms with Crippen molar-refractivity contribution in [3.8, 4) is 0 Å². The Bertz CT molecular complexity index is 517. The molecule has 19 heavy (non-hydrogen) atoms. The molecule has 0 radical (unpaired) electrons. The van der Waals surface area contributed by atoms with Gasteiger partial charge in [0.2, 0.25) is 11.8 Å². The molecule has 0 aliphatic carbocycles. The Labute approximate surface area is 119 Å². The van der Waals surface area contributed by atoms with E-state index in [1.807, 2.05) is 12.1 Å². The number of pyridine rings is 1. The summed E-state index contributed by atoms with van der Waals surface area (Å²) in [5.74, 6) is 0.112. The van der Waals surface area contributed by atoms with Crippen LogP contribution in [0, 0.1) is 0 Å². The standard InChI is InChI=1S/C13H14BrN3O2/c14-9-3-4-10(15-6-9)7-16-8-12(18)17-5-1-2-11(17)13(16)19/h3-4,6,11H,1-2,5,7-8H2. The van der Waals surface area contributed by atoms with Gasteiger partial charge in [-0.3, -0.25) is 14.6 Å². The Hall–Kier alpha value is -1.43. The van der Waals surface area contributed by atoms with Gasteiger partial charge in [0, 0.05) is 17.2 Å². The van der Waals surface area contributed by atoms with Crippen LogP contribution < -0.4 is 0 Å². The van der Waals surface area contributed by atoms with Crippen molar-refractivity contribution in [1.82, 2.24) is 14.8 Å². The number of piperazine rings is 1. The summed E-state index contributed by atoms with van der Waals surface area (Å²) in [6.45, 7) is 1.30. The van der Waals surface area contributed by atoms with E-state index in [1.54, 1.807) is 16.0 Å². The molecule has 0 N–H and O–H groups in total. The van der Waals surface area contributed by atoms with Gasteiger partial charge in [0.05, 0.1) is 12.2 Å². The third-order valence-electron chi connectivity index (χ3n) is 3.64. The lowest BCUT2D eigenvalue weighted by molar-refractivity contribution is -0.154. The van der Waals surface area contributed by atoms with Crippen LogP contribution in [0.15, 0.2) is 22.8 Å². The summed E-state index contributed by atoms with van der Waals surface area (Å²) in [5, 5.41) is 0. The summed E-state index contributed by atoms with van der Waals surface area (Å²) < 4.78 is 0.902. The molecule has 6 heteroatoms. The highest BCUT2D eigenvalue weighted by Gasteiger charge is 2.41. The van der Waals surface area contributed by atoms with E-state index in [2.05, 4.69) is 20.9 Å². The van der Waals surface area contributed by atoms with Gasteiger partial charge in [0.15, 0.2) is 0 Å². The number of hydrogen-bond acceptors (Lipinski definition) is 3. The zero-order valence-corrected chi connectivity index (χ0v) is 12.0. The van der Waals surface area contributed by atoms with Gasteiger partial charge < -0.3 is 9.80 Å². The van der Waals surface area contributed by atoms with Crippen LogP contribution in [0.3, 0.4) is 0 Å². The van der Waals surface area contributed by atoms with E-state index >= 15 is 0 Å². The molecule has 3 rings (SSSR count). The predicted molar refractivity (Wildman–Crippen MR) is 72.1 cm³/mol. The van der Waals surface area contributed by atoms with Crippen LogP contribution in [0.5, 0.6) is 0 Å². The quantitative estimate of drug-likeness (QED) is 0.821. The summed E-state index contributed by atoms with van der Waals surface area (Å²) in [7, 11) is 0. The third-order valence-corrected chi connectivity index (χ3v) is 4.11. The molecule has 0 saturated carbocycles. The van der Waals surface area contributed by atoms with Gasteiger partial charge in [0.1, 0.15) is 12.6 Å². The molecule has 2 fully saturated rings. The van der Waals surface area contributed by atoms with Gasteiger partial charge in [-0.05, 0) is 40.9 Å². The Kier molecular flexibility index (Phi) is 3.26. The lowest BCUT2D eigenvalue weighted by atomic mass is 10.1. The van der Waals surface area contributed by atoms with E-state index in [4.69, 9.17) is 0 Å². The van der Waals surface area contributed by atoms with Crippen molar-refractivity contribution >= 4 is 27.7 Å². The van der Waals surface area contributed by atoms with Crippen LogP contribution in [-0.2, 0) is 16.1 Å². The van der Waals surface area contributed by atoms with E-state index in [-0.39, 0.29) is 24.4 Å². The van der Waals surface area contributed by atoms with Crippen molar-refractivity contribution in [1.29, 1.82) is 0 Å². The maximum Gasteiger partial charge on any atom is 0.246 e. The number of hydrogen-bond donors (Lipinski definition) is 0. The van der Waals surface area contributed by atoms with E-state index < -0.39 is 0 Å². The highest BCUT2D eigenvalue weighted by Crippen LogP contribution is 2.24. The van der Waals surface area contributed by atoms with E-state index in [1.165, 1.54) is 0 Å². The second kappa shape index (κ2) is 4.92. The molecule has 0 spiro atoms. The Balaban J connectivity index is 1.76. The Morgan fingerprint density at radius 2 is 2.21 bits per heavy atom. The number of rotatable bonds is 2. The summed E-state index contributed by atoms with van der Waals surface area (Å²) >= 11 is 3.33. The van der Waals surface area contributed by atoms with Crippen LogP contribution in [-0.4, -0.2) is 45.7 Å². The fourth-order valence-corrected chi connectivity index (χ4v) is 2.93. The largest absolute Gasteiger partial charge is 0.329 e. The highest BCUT2D eigenvalue weighted by molar-refractivity contribution is 9.10. The second-order valence-corrected chi connectivity index (χ2v) is 5.82. The number of amides is 2. The smallest absolute Gasteiger partial charge is 0.246 e. The van der Waals surface area contributed by atoms with Crippen molar-refractivity contribution < 1.29 is 9.59 Å². The average Bonchev–Trinajstić information content (AvgIpc) is 2.88. The lowest BCUT2D eigenvalue weighted by Crippen LogP contribution is -2.56. The molecular weight excluding hydrogens is 310 g/mol. The predicted octanol–water partition coefficient (Wildman–Crippen LogP) is 1.18. The molecule has 1 unspecified atom stereocenters. The molecule has 1 aromatic rings. The second-order valence-electron chi connectivity index (χ2n) is 4.91. The average molecular weight is 324 g/mol. The van der Waals surface area contributed by atoms with Crippen molar-refractivity contribution in [2.24, 2.45) is 0 Å². The van der Waals surface area contributed by atoms with Crippen LogP contribution in [0.2, 0.25) is 0 Å². The number of aromatic nitrogens is 1. The zero-order chi connectivity index (χ0) is 13.4. The first-order valence-electron chi connectivity index (χ1n) is 6.34. The normalized spacial score (nSPS) is 22.9. The van der Waals surface area contributed by atoms with Gasteiger partial charge in [-0.25, -0.2) is 0 Å². The van der Waals surface area contributed by atoms with Gasteiger partial charge in [0.25, 0.3) is 0 Å². The van der Waals surface area contributed by atoms with E-state index in [9.17, 15) is 9.59 Å². The minimum Gasteiger partial charge on any atom is -0.329 e. The maximum absolute atomic E-state index is 12.3. The Morgan fingerprint density at radius 1 is 1.37 bits per heavy atom. The summed E-state index contributed by atoms with van der Waals surface area (Å²) in [6.07, 6.45) is 3.41. The van der Waals surface area contributed by atoms with E-state index in [0.29, 0.717) is 6.54 Å². The zero-order valence-electron chi connectivity index (χ0n) is 10.4. The van der Waals surface area contributed by atoms with E-state index in [0.717, 1.165) is 29.6 Å². The van der Waals surface area contributed by atoms with Gasteiger partial charge in [-0.1, -0.05) is 0 Å². The lowest BCUT2D eigenvalue weighted by Gasteiger charge is -2.36. The number of nitrogens with zero attached hydrogens (tertiary/aromatic N) is 3. The fraction of sp³-hybridized carbons (Fsp3) is 0.462. The molecule has 5 nitrogen and oxygen atoms in total. The van der Waals surface area contributed by atoms with Crippen LogP contribution in [0.25, 0.3) is 0 Å². The monoisotopic (exact) mass is 323 g/mol. The van der Waals surface area contributed by atoms with Crippen molar-refractivity contribution in [3.63, 3.8) is 0 Å². The van der Waals surface area contributed by atoms with Gasteiger partial charge in [-0.2, -0.15) is 0 Å². The molecule has 0 aromatic carbocycles. The molecule has 2 amide bonds. The third kappa shape index (κ3) is 2.36. The Morgan fingerprint density at radius 3 is 2.95 bits per heavy atom. The van der Waals surface area contributed by atoms with Crippen LogP contribution in [0.1, 0.15) is 18.5 Å². The van der Waals surface area contributed by atoms with Crippen molar-refractivity contribution in [3.05, 3.63) is 28.5 Å². The first kappa shape index (κ1) is 12.6. The fourth-order valence-electron chi connectivity index (χ4n) is 2.69. The molecule has 100 valence electrons. The highest BCUT2D eigenvalue weighted by atomic mass is 79.9. The molecule has 0 bridgehead atoms. The SMILES string of the molecule is O=C1C2CCCN2C(=O)CN1Cc1ccc(Br)cn1. The first-order valence-corrected chi connectivity index (χ1v) is 7.13. The number of carbonyl (C=O) groups excluding carboxylic acids is 2. The topological polar surface area (TPSA) is 53.5 Å². The molecule has 1 atom stereocenters. The number of fused-ring (bicyclic) bond motifs is 1. The molecule has 2 aliphatic heterocycles. The van der Waals surface area contributed by atoms with Crippen molar-refractivity contribution in [2.45, 2.75) is 25.4 Å². The van der Waals surface area contributed by atoms with Crippen molar-refractivity contribution in [2.75, 3.05) is 13.1 Å². The van der Waals surface area contributed by atoms with Gasteiger partial charge >= 0.3 is 0 Å². The molecule has 2 saturated heterocycles. The summed E-state index contributed by atoms with van der Waals surface area (Å²) in [6, 6.07) is 3.51. The first-order chi connectivity index (χ1) is 9.15. The molecule has 2 aliphatic rings. The number of carbonyl (C=O) groups is 2. The van der Waals surface area contributed by atoms with Crippen LogP contribution >= 0.6 is 15.9 Å². The maximum atomic E-state index is 12.3. The summed E-state index contributed by atoms with van der Waals surface area (Å²) in [4.78, 5) is 31.9. The number of halogens is 1. The summed E-state index contributed by atoms with van der Waals surface area (Å²) in [5.41, 5.74) is 0.802. The van der Waals surface area contributed by atoms with Gasteiger partial charge in [-0.15, -0.1) is 0 Å². The van der Waals surface area contributed by atoms with Crippen LogP contribution in [0.4, 0.5) is 0 Å². The molecular formula is C13H14BrN3O2. The molecule has 3 heterocycles. The minimum absolute atomic E-state index is 0.0548.